The topological polar surface area (TPSA) is 129 Å². The van der Waals surface area contributed by atoms with Crippen molar-refractivity contribution in [2.75, 3.05) is 31.5 Å². The lowest BCUT2D eigenvalue weighted by Crippen LogP contribution is -2.26. The molecule has 12 heteroatoms. The van der Waals surface area contributed by atoms with Gasteiger partial charge < -0.3 is 24.8 Å². The van der Waals surface area contributed by atoms with Crippen molar-refractivity contribution >= 4 is 34.9 Å². The second-order valence-corrected chi connectivity index (χ2v) is 8.69. The van der Waals surface area contributed by atoms with Crippen LogP contribution in [0, 0.1) is 0 Å². The molecule has 1 aliphatic heterocycles. The molecule has 0 radical (unpaired) electrons. The van der Waals surface area contributed by atoms with Crippen LogP contribution < -0.4 is 24.8 Å². The SMILES string of the molecule is COc1ccc(C(=O)NCCc2nnc3ccc(SCC(=O)Nc4ccc5c(c4)OCO5)nn23)cc1. The predicted octanol–water partition coefficient (Wildman–Crippen LogP) is 2.56. The van der Waals surface area contributed by atoms with Gasteiger partial charge >= 0.3 is 0 Å². The molecule has 0 aliphatic carbocycles. The number of hydrogen-bond acceptors (Lipinski definition) is 9. The molecule has 0 saturated heterocycles. The van der Waals surface area contributed by atoms with E-state index in [1.54, 1.807) is 66.2 Å². The molecule has 4 aromatic rings. The van der Waals surface area contributed by atoms with Gasteiger partial charge in [0.15, 0.2) is 23.0 Å². The highest BCUT2D eigenvalue weighted by atomic mass is 32.2. The lowest BCUT2D eigenvalue weighted by Gasteiger charge is -2.07. The van der Waals surface area contributed by atoms with Gasteiger partial charge in [0.05, 0.1) is 12.9 Å². The summed E-state index contributed by atoms with van der Waals surface area (Å²) >= 11 is 1.29. The van der Waals surface area contributed by atoms with Crippen molar-refractivity contribution in [3.05, 3.63) is 66.0 Å². The first-order valence-electron chi connectivity index (χ1n) is 11.0. The van der Waals surface area contributed by atoms with Gasteiger partial charge in [-0.3, -0.25) is 9.59 Å². The van der Waals surface area contributed by atoms with E-state index in [1.807, 2.05) is 0 Å². The summed E-state index contributed by atoms with van der Waals surface area (Å²) in [6, 6.07) is 15.7. The maximum absolute atomic E-state index is 12.4. The largest absolute Gasteiger partial charge is 0.497 e. The van der Waals surface area contributed by atoms with Crippen molar-refractivity contribution in [3.63, 3.8) is 0 Å². The highest BCUT2D eigenvalue weighted by Gasteiger charge is 2.15. The maximum atomic E-state index is 12.4. The Morgan fingerprint density at radius 2 is 1.89 bits per heavy atom. The summed E-state index contributed by atoms with van der Waals surface area (Å²) in [6.07, 6.45) is 0.439. The third-order valence-corrected chi connectivity index (χ3v) is 6.22. The number of nitrogens with zero attached hydrogens (tertiary/aromatic N) is 4. The quantitative estimate of drug-likeness (QED) is 0.329. The standard InChI is InChI=1S/C24H22N6O5S/c1-33-17-5-2-15(3-6-17)24(32)25-11-10-21-28-27-20-8-9-23(29-30(20)21)36-13-22(31)26-16-4-7-18-19(12-16)35-14-34-18/h2-9,12H,10-11,13-14H2,1H3,(H,25,32)(H,26,31). The number of rotatable bonds is 9. The number of carbonyl (C=O) groups is 2. The van der Waals surface area contributed by atoms with Crippen molar-refractivity contribution in [1.82, 2.24) is 25.1 Å². The molecule has 0 fully saturated rings. The van der Waals surface area contributed by atoms with Gasteiger partial charge in [-0.2, -0.15) is 9.61 Å². The molecule has 0 spiro atoms. The normalized spacial score (nSPS) is 11.9. The molecular formula is C24H22N6O5S. The minimum Gasteiger partial charge on any atom is -0.497 e. The van der Waals surface area contributed by atoms with Crippen LogP contribution in [0.1, 0.15) is 16.2 Å². The molecule has 5 rings (SSSR count). The van der Waals surface area contributed by atoms with Crippen LogP contribution in [0.2, 0.25) is 0 Å². The second kappa shape index (κ2) is 10.5. The number of carbonyl (C=O) groups excluding carboxylic acids is 2. The third-order valence-electron chi connectivity index (χ3n) is 5.30. The molecule has 2 aromatic heterocycles. The van der Waals surface area contributed by atoms with E-state index < -0.39 is 0 Å². The first-order valence-corrected chi connectivity index (χ1v) is 12.0. The van der Waals surface area contributed by atoms with Crippen LogP contribution in [0.15, 0.2) is 59.6 Å². The van der Waals surface area contributed by atoms with E-state index in [4.69, 9.17) is 14.2 Å². The van der Waals surface area contributed by atoms with Gasteiger partial charge in [0.2, 0.25) is 12.7 Å². The Morgan fingerprint density at radius 3 is 2.72 bits per heavy atom. The second-order valence-electron chi connectivity index (χ2n) is 7.70. The van der Waals surface area contributed by atoms with Crippen LogP contribution in [0.3, 0.4) is 0 Å². The molecule has 0 atom stereocenters. The average Bonchev–Trinajstić information content (AvgIpc) is 3.54. The monoisotopic (exact) mass is 506 g/mol. The van der Waals surface area contributed by atoms with E-state index in [1.165, 1.54) is 11.8 Å². The van der Waals surface area contributed by atoms with Crippen LogP contribution in [0.4, 0.5) is 5.69 Å². The Kier molecular flexibility index (Phi) is 6.85. The molecular weight excluding hydrogens is 484 g/mol. The lowest BCUT2D eigenvalue weighted by molar-refractivity contribution is -0.113. The summed E-state index contributed by atoms with van der Waals surface area (Å²) in [5.41, 5.74) is 1.75. The van der Waals surface area contributed by atoms with Crippen LogP contribution in [-0.4, -0.2) is 57.8 Å². The van der Waals surface area contributed by atoms with Crippen LogP contribution in [0.5, 0.6) is 17.2 Å². The van der Waals surface area contributed by atoms with E-state index >= 15 is 0 Å². The summed E-state index contributed by atoms with van der Waals surface area (Å²) in [7, 11) is 1.58. The Balaban J connectivity index is 1.15. The molecule has 2 N–H and O–H groups in total. The summed E-state index contributed by atoms with van der Waals surface area (Å²) < 4.78 is 17.4. The zero-order valence-corrected chi connectivity index (χ0v) is 20.1. The summed E-state index contributed by atoms with van der Waals surface area (Å²) in [5.74, 6) is 2.36. The fourth-order valence-corrected chi connectivity index (χ4v) is 4.15. The van der Waals surface area contributed by atoms with Crippen molar-refractivity contribution in [2.24, 2.45) is 0 Å². The minimum atomic E-state index is -0.191. The van der Waals surface area contributed by atoms with Crippen molar-refractivity contribution < 1.29 is 23.8 Å². The lowest BCUT2D eigenvalue weighted by atomic mass is 10.2. The van der Waals surface area contributed by atoms with Gasteiger partial charge in [0.25, 0.3) is 5.91 Å². The number of hydrogen-bond donors (Lipinski definition) is 2. The van der Waals surface area contributed by atoms with Gasteiger partial charge in [0, 0.05) is 30.3 Å². The number of methoxy groups -OCH3 is 1. The molecule has 36 heavy (non-hydrogen) atoms. The van der Waals surface area contributed by atoms with Gasteiger partial charge in [0.1, 0.15) is 10.8 Å². The Labute approximate surface area is 210 Å². The first kappa shape index (κ1) is 23.4. The van der Waals surface area contributed by atoms with Gasteiger partial charge in [-0.15, -0.1) is 10.2 Å². The third kappa shape index (κ3) is 5.33. The number of benzene rings is 2. The minimum absolute atomic E-state index is 0.169. The first-order chi connectivity index (χ1) is 17.6. The maximum Gasteiger partial charge on any atom is 0.251 e. The van der Waals surface area contributed by atoms with Crippen molar-refractivity contribution in [3.8, 4) is 17.2 Å². The number of nitrogens with one attached hydrogen (secondary N) is 2. The Morgan fingerprint density at radius 1 is 1.06 bits per heavy atom. The zero-order valence-electron chi connectivity index (χ0n) is 19.3. The smallest absolute Gasteiger partial charge is 0.251 e. The molecule has 0 bridgehead atoms. The van der Waals surface area contributed by atoms with Crippen LogP contribution in [-0.2, 0) is 11.2 Å². The Hall–Kier alpha value is -4.32. The van der Waals surface area contributed by atoms with E-state index in [0.29, 0.717) is 58.0 Å². The van der Waals surface area contributed by atoms with E-state index in [0.717, 1.165) is 0 Å². The van der Waals surface area contributed by atoms with Crippen molar-refractivity contribution in [2.45, 2.75) is 11.4 Å². The summed E-state index contributed by atoms with van der Waals surface area (Å²) in [5, 5.41) is 19.2. The Bertz CT molecular complexity index is 1410. The number of aromatic nitrogens is 4. The highest BCUT2D eigenvalue weighted by molar-refractivity contribution is 7.99. The number of ether oxygens (including phenoxy) is 3. The van der Waals surface area contributed by atoms with Gasteiger partial charge in [-0.05, 0) is 48.5 Å². The molecule has 184 valence electrons. The molecule has 0 saturated carbocycles. The molecule has 2 aromatic carbocycles. The van der Waals surface area contributed by atoms with Crippen LogP contribution in [0.25, 0.3) is 5.65 Å². The molecule has 0 unspecified atom stereocenters. The van der Waals surface area contributed by atoms with E-state index in [2.05, 4.69) is 25.9 Å². The fourth-order valence-electron chi connectivity index (χ4n) is 3.49. The summed E-state index contributed by atoms with van der Waals surface area (Å²) in [4.78, 5) is 24.8. The number of fused-ring (bicyclic) bond motifs is 2. The fraction of sp³-hybridized carbons (Fsp3) is 0.208. The predicted molar refractivity (Wildman–Crippen MR) is 132 cm³/mol. The van der Waals surface area contributed by atoms with Gasteiger partial charge in [-0.25, -0.2) is 0 Å². The molecule has 1 aliphatic rings. The number of thioether (sulfide) groups is 1. The molecule has 2 amide bonds. The van der Waals surface area contributed by atoms with Crippen LogP contribution >= 0.6 is 11.8 Å². The number of anilines is 1. The zero-order chi connectivity index (χ0) is 24.9. The van der Waals surface area contributed by atoms with Crippen molar-refractivity contribution in [1.29, 1.82) is 0 Å². The van der Waals surface area contributed by atoms with E-state index in [9.17, 15) is 9.59 Å². The highest BCUT2D eigenvalue weighted by Crippen LogP contribution is 2.34. The average molecular weight is 507 g/mol. The van der Waals surface area contributed by atoms with Gasteiger partial charge in [-0.1, -0.05) is 11.8 Å². The van der Waals surface area contributed by atoms with E-state index in [-0.39, 0.29) is 24.4 Å². The molecule has 3 heterocycles. The summed E-state index contributed by atoms with van der Waals surface area (Å²) in [6.45, 7) is 0.541. The number of amides is 2. The molecule has 11 nitrogen and oxygen atoms in total.